The van der Waals surface area contributed by atoms with Crippen LogP contribution in [0.15, 0.2) is 6.33 Å². The van der Waals surface area contributed by atoms with Crippen molar-refractivity contribution in [1.29, 1.82) is 0 Å². The molecule has 1 saturated heterocycles. The summed E-state index contributed by atoms with van der Waals surface area (Å²) in [4.78, 5) is 4.39. The second-order valence-corrected chi connectivity index (χ2v) is 5.31. The fraction of sp³-hybridized carbons (Fsp3) is 0.857. The molecular weight excluding hydrogens is 240 g/mol. The number of likely N-dealkylation sites (N-methyl/N-ethyl adjacent to an activating group) is 1. The maximum Gasteiger partial charge on any atom is 0.138 e. The summed E-state index contributed by atoms with van der Waals surface area (Å²) in [5.41, 5.74) is 0. The van der Waals surface area contributed by atoms with Gasteiger partial charge in [0.1, 0.15) is 12.2 Å². The molecule has 1 N–H and O–H groups in total. The molecule has 0 saturated carbocycles. The van der Waals surface area contributed by atoms with Crippen LogP contribution in [0.4, 0.5) is 0 Å². The Balaban J connectivity index is 1.88. The van der Waals surface area contributed by atoms with E-state index in [0.717, 1.165) is 38.2 Å². The van der Waals surface area contributed by atoms with E-state index in [1.165, 1.54) is 19.3 Å². The highest BCUT2D eigenvalue weighted by Gasteiger charge is 2.20. The van der Waals surface area contributed by atoms with Crippen LogP contribution in [0.1, 0.15) is 44.9 Å². The van der Waals surface area contributed by atoms with Crippen molar-refractivity contribution in [2.75, 3.05) is 13.7 Å². The van der Waals surface area contributed by atoms with E-state index in [0.29, 0.717) is 12.1 Å². The number of nitrogens with zero attached hydrogens (tertiary/aromatic N) is 3. The highest BCUT2D eigenvalue weighted by atomic mass is 16.5. The Bertz CT molecular complexity index is 360. The van der Waals surface area contributed by atoms with Crippen molar-refractivity contribution >= 4 is 0 Å². The molecule has 1 fully saturated rings. The van der Waals surface area contributed by atoms with E-state index < -0.39 is 0 Å². The lowest BCUT2D eigenvalue weighted by molar-refractivity contribution is 0.00552. The van der Waals surface area contributed by atoms with Crippen LogP contribution < -0.4 is 5.32 Å². The van der Waals surface area contributed by atoms with Gasteiger partial charge < -0.3 is 10.1 Å². The number of hydrogen-bond acceptors (Lipinski definition) is 4. The summed E-state index contributed by atoms with van der Waals surface area (Å²) >= 11 is 0. The topological polar surface area (TPSA) is 52.0 Å². The Morgan fingerprint density at radius 1 is 1.53 bits per heavy atom. The van der Waals surface area contributed by atoms with Crippen LogP contribution in [-0.2, 0) is 17.7 Å². The van der Waals surface area contributed by atoms with Gasteiger partial charge in [0.2, 0.25) is 0 Å². The van der Waals surface area contributed by atoms with Crippen molar-refractivity contribution in [2.45, 2.75) is 64.1 Å². The molecule has 0 aliphatic carbocycles. The number of aryl methyl sites for hydroxylation is 1. The Kier molecular flexibility index (Phi) is 5.79. The van der Waals surface area contributed by atoms with Crippen LogP contribution in [0.2, 0.25) is 0 Å². The fourth-order valence-electron chi connectivity index (χ4n) is 2.68. The first kappa shape index (κ1) is 14.5. The zero-order valence-corrected chi connectivity index (χ0v) is 12.1. The molecule has 0 spiro atoms. The van der Waals surface area contributed by atoms with E-state index in [1.807, 2.05) is 11.7 Å². The number of rotatable bonds is 7. The molecule has 1 aliphatic heterocycles. The van der Waals surface area contributed by atoms with E-state index >= 15 is 0 Å². The maximum atomic E-state index is 5.82. The van der Waals surface area contributed by atoms with Crippen molar-refractivity contribution in [3.05, 3.63) is 12.2 Å². The summed E-state index contributed by atoms with van der Waals surface area (Å²) in [5.74, 6) is 1.08. The summed E-state index contributed by atoms with van der Waals surface area (Å²) in [6, 6.07) is 0.419. The first-order valence-corrected chi connectivity index (χ1v) is 7.49. The van der Waals surface area contributed by atoms with Gasteiger partial charge in [-0.05, 0) is 39.2 Å². The normalized spacial score (nSPS) is 21.5. The second kappa shape index (κ2) is 7.60. The summed E-state index contributed by atoms with van der Waals surface area (Å²) in [6.45, 7) is 4.04. The average Bonchev–Trinajstić information content (AvgIpc) is 2.87. The smallest absolute Gasteiger partial charge is 0.138 e. The van der Waals surface area contributed by atoms with Gasteiger partial charge in [-0.1, -0.05) is 6.92 Å². The van der Waals surface area contributed by atoms with Gasteiger partial charge in [0.25, 0.3) is 0 Å². The van der Waals surface area contributed by atoms with E-state index in [9.17, 15) is 0 Å². The highest BCUT2D eigenvalue weighted by molar-refractivity contribution is 4.90. The van der Waals surface area contributed by atoms with Gasteiger partial charge >= 0.3 is 0 Å². The van der Waals surface area contributed by atoms with Gasteiger partial charge in [-0.2, -0.15) is 5.10 Å². The predicted molar refractivity (Wildman–Crippen MR) is 75.1 cm³/mol. The molecule has 0 bridgehead atoms. The molecule has 2 rings (SSSR count). The van der Waals surface area contributed by atoms with Gasteiger partial charge in [-0.3, -0.25) is 4.68 Å². The monoisotopic (exact) mass is 266 g/mol. The minimum Gasteiger partial charge on any atom is -0.378 e. The van der Waals surface area contributed by atoms with E-state index in [1.54, 1.807) is 6.33 Å². The molecule has 5 heteroatoms. The third-order valence-electron chi connectivity index (χ3n) is 3.79. The van der Waals surface area contributed by atoms with Crippen molar-refractivity contribution < 1.29 is 4.74 Å². The number of nitrogens with one attached hydrogen (secondary N) is 1. The van der Waals surface area contributed by atoms with Crippen molar-refractivity contribution in [3.8, 4) is 0 Å². The Morgan fingerprint density at radius 2 is 2.42 bits per heavy atom. The number of ether oxygens (including phenoxy) is 1. The van der Waals surface area contributed by atoms with Gasteiger partial charge in [0.15, 0.2) is 0 Å². The molecule has 1 aromatic rings. The van der Waals surface area contributed by atoms with Gasteiger partial charge in [0, 0.05) is 25.6 Å². The molecule has 1 aromatic heterocycles. The largest absolute Gasteiger partial charge is 0.378 e. The van der Waals surface area contributed by atoms with Crippen LogP contribution in [-0.4, -0.2) is 40.6 Å². The Morgan fingerprint density at radius 3 is 3.11 bits per heavy atom. The lowest BCUT2D eigenvalue weighted by Crippen LogP contribution is -2.35. The van der Waals surface area contributed by atoms with Crippen molar-refractivity contribution in [3.63, 3.8) is 0 Å². The van der Waals surface area contributed by atoms with Crippen LogP contribution in [0.5, 0.6) is 0 Å². The van der Waals surface area contributed by atoms with Gasteiger partial charge in [-0.25, -0.2) is 4.98 Å². The number of hydrogen-bond donors (Lipinski definition) is 1. The van der Waals surface area contributed by atoms with Gasteiger partial charge in [0.05, 0.1) is 6.10 Å². The minimum absolute atomic E-state index is 0.411. The molecule has 0 radical (unpaired) electrons. The average molecular weight is 266 g/mol. The third kappa shape index (κ3) is 4.28. The lowest BCUT2D eigenvalue weighted by Gasteiger charge is -2.26. The third-order valence-corrected chi connectivity index (χ3v) is 3.79. The first-order valence-electron chi connectivity index (χ1n) is 7.49. The molecule has 19 heavy (non-hydrogen) atoms. The molecular formula is C14H26N4O. The summed E-state index contributed by atoms with van der Waals surface area (Å²) in [5, 5.41) is 7.68. The van der Waals surface area contributed by atoms with E-state index in [2.05, 4.69) is 22.3 Å². The zero-order valence-electron chi connectivity index (χ0n) is 12.1. The SMILES string of the molecule is CCCn1ncnc1CC(CC1CCCCO1)NC. The number of aromatic nitrogens is 3. The molecule has 2 atom stereocenters. The summed E-state index contributed by atoms with van der Waals surface area (Å²) < 4.78 is 7.84. The quantitative estimate of drug-likeness (QED) is 0.817. The van der Waals surface area contributed by atoms with Crippen LogP contribution in [0, 0.1) is 0 Å². The molecule has 2 heterocycles. The molecule has 0 amide bonds. The van der Waals surface area contributed by atoms with Crippen LogP contribution in [0.3, 0.4) is 0 Å². The highest BCUT2D eigenvalue weighted by Crippen LogP contribution is 2.18. The summed E-state index contributed by atoms with van der Waals surface area (Å²) in [7, 11) is 2.02. The summed E-state index contributed by atoms with van der Waals surface area (Å²) in [6.07, 6.45) is 8.86. The van der Waals surface area contributed by atoms with E-state index in [-0.39, 0.29) is 0 Å². The van der Waals surface area contributed by atoms with Crippen molar-refractivity contribution in [2.24, 2.45) is 0 Å². The molecule has 0 aromatic carbocycles. The Hall–Kier alpha value is -0.940. The van der Waals surface area contributed by atoms with Gasteiger partial charge in [-0.15, -0.1) is 0 Å². The fourth-order valence-corrected chi connectivity index (χ4v) is 2.68. The second-order valence-electron chi connectivity index (χ2n) is 5.31. The molecule has 1 aliphatic rings. The first-order chi connectivity index (χ1) is 9.33. The zero-order chi connectivity index (χ0) is 13.5. The van der Waals surface area contributed by atoms with Crippen LogP contribution >= 0.6 is 0 Å². The minimum atomic E-state index is 0.411. The molecule has 108 valence electrons. The van der Waals surface area contributed by atoms with Crippen molar-refractivity contribution in [1.82, 2.24) is 20.1 Å². The standard InChI is InChI=1S/C14H26N4O/c1-3-7-18-14(16-11-17-18)10-12(15-2)9-13-6-4-5-8-19-13/h11-13,15H,3-10H2,1-2H3. The lowest BCUT2D eigenvalue weighted by atomic mass is 10.00. The molecule has 2 unspecified atom stereocenters. The maximum absolute atomic E-state index is 5.82. The predicted octanol–water partition coefficient (Wildman–Crippen LogP) is 1.78. The molecule has 5 nitrogen and oxygen atoms in total. The Labute approximate surface area is 115 Å². The van der Waals surface area contributed by atoms with Crippen LogP contribution in [0.25, 0.3) is 0 Å². The van der Waals surface area contributed by atoms with E-state index in [4.69, 9.17) is 4.74 Å².